The molecule has 96 valence electrons. The van der Waals surface area contributed by atoms with Gasteiger partial charge in [-0.05, 0) is 30.5 Å². The van der Waals surface area contributed by atoms with Crippen LogP contribution in [0.1, 0.15) is 6.92 Å². The molecule has 0 fully saturated rings. The molecule has 0 aliphatic carbocycles. The van der Waals surface area contributed by atoms with E-state index < -0.39 is 5.60 Å². The Hall–Kier alpha value is -1.85. The molecule has 1 aromatic carbocycles. The van der Waals surface area contributed by atoms with E-state index in [1.165, 1.54) is 6.92 Å². The molecule has 2 aromatic rings. The van der Waals surface area contributed by atoms with E-state index in [0.29, 0.717) is 5.82 Å². The average molecular weight is 248 g/mol. The van der Waals surface area contributed by atoms with Crippen LogP contribution in [0, 0.1) is 0 Å². The Morgan fingerprint density at radius 3 is 2.83 bits per heavy atom. The number of nitrogens with zero attached hydrogens (tertiary/aromatic N) is 1. The fraction of sp³-hybridized carbons (Fsp3) is 0.308. The smallest absolute Gasteiger partial charge is 0.134 e. The SMILES string of the molecule is CC(O)(CO)CNc1nccc2ccc(O)cc12. The Morgan fingerprint density at radius 1 is 1.33 bits per heavy atom. The molecule has 5 nitrogen and oxygen atoms in total. The molecule has 18 heavy (non-hydrogen) atoms. The van der Waals surface area contributed by atoms with Crippen LogP contribution in [0.3, 0.4) is 0 Å². The molecular formula is C13H16N2O3. The van der Waals surface area contributed by atoms with Crippen molar-refractivity contribution in [2.24, 2.45) is 0 Å². The largest absolute Gasteiger partial charge is 0.508 e. The molecule has 0 spiro atoms. The standard InChI is InChI=1S/C13H16N2O3/c1-13(18,8-16)7-15-12-11-6-10(17)3-2-9(11)4-5-14-12/h2-6,16-18H,7-8H2,1H3,(H,14,15). The van der Waals surface area contributed by atoms with Crippen molar-refractivity contribution in [2.75, 3.05) is 18.5 Å². The van der Waals surface area contributed by atoms with E-state index in [2.05, 4.69) is 10.3 Å². The molecule has 4 N–H and O–H groups in total. The van der Waals surface area contributed by atoms with E-state index in [0.717, 1.165) is 10.8 Å². The molecule has 1 heterocycles. The highest BCUT2D eigenvalue weighted by molar-refractivity contribution is 5.92. The molecule has 0 radical (unpaired) electrons. The number of phenols is 1. The van der Waals surface area contributed by atoms with E-state index >= 15 is 0 Å². The fourth-order valence-corrected chi connectivity index (χ4v) is 1.63. The highest BCUT2D eigenvalue weighted by atomic mass is 16.3. The van der Waals surface area contributed by atoms with Crippen molar-refractivity contribution in [1.82, 2.24) is 4.98 Å². The summed E-state index contributed by atoms with van der Waals surface area (Å²) < 4.78 is 0. The summed E-state index contributed by atoms with van der Waals surface area (Å²) in [6, 6.07) is 6.85. The summed E-state index contributed by atoms with van der Waals surface area (Å²) in [6.07, 6.45) is 1.65. The van der Waals surface area contributed by atoms with Crippen LogP contribution in [0.25, 0.3) is 10.8 Å². The summed E-state index contributed by atoms with van der Waals surface area (Å²) in [6.45, 7) is 1.36. The van der Waals surface area contributed by atoms with Crippen molar-refractivity contribution in [3.8, 4) is 5.75 Å². The number of nitrogens with one attached hydrogen (secondary N) is 1. The van der Waals surface area contributed by atoms with Crippen molar-refractivity contribution in [3.63, 3.8) is 0 Å². The van der Waals surface area contributed by atoms with Crippen LogP contribution in [-0.4, -0.2) is 39.1 Å². The summed E-state index contributed by atoms with van der Waals surface area (Å²) in [5.74, 6) is 0.726. The number of aliphatic hydroxyl groups excluding tert-OH is 1. The fourth-order valence-electron chi connectivity index (χ4n) is 1.63. The molecule has 2 rings (SSSR count). The first-order valence-corrected chi connectivity index (χ1v) is 5.67. The monoisotopic (exact) mass is 248 g/mol. The number of aromatic nitrogens is 1. The van der Waals surface area contributed by atoms with Crippen molar-refractivity contribution < 1.29 is 15.3 Å². The molecule has 1 unspecified atom stereocenters. The first kappa shape index (κ1) is 12.6. The Kier molecular flexibility index (Phi) is 3.36. The summed E-state index contributed by atoms with van der Waals surface area (Å²) in [5, 5.41) is 32.9. The molecule has 0 saturated heterocycles. The van der Waals surface area contributed by atoms with Crippen LogP contribution < -0.4 is 5.32 Å². The number of benzene rings is 1. The molecule has 1 atom stereocenters. The van der Waals surface area contributed by atoms with Crippen molar-refractivity contribution in [2.45, 2.75) is 12.5 Å². The maximum Gasteiger partial charge on any atom is 0.134 e. The van der Waals surface area contributed by atoms with Crippen LogP contribution in [0.15, 0.2) is 30.5 Å². The Balaban J connectivity index is 2.30. The lowest BCUT2D eigenvalue weighted by Crippen LogP contribution is -2.37. The maximum atomic E-state index is 9.72. The first-order chi connectivity index (χ1) is 8.52. The summed E-state index contributed by atoms with van der Waals surface area (Å²) >= 11 is 0. The molecule has 0 aliphatic rings. The van der Waals surface area contributed by atoms with Crippen LogP contribution in [0.5, 0.6) is 5.75 Å². The van der Waals surface area contributed by atoms with Gasteiger partial charge in [-0.25, -0.2) is 4.98 Å². The van der Waals surface area contributed by atoms with Gasteiger partial charge < -0.3 is 20.6 Å². The third-order valence-electron chi connectivity index (χ3n) is 2.73. The van der Waals surface area contributed by atoms with Crippen LogP contribution in [0.2, 0.25) is 0 Å². The number of aliphatic hydroxyl groups is 2. The van der Waals surface area contributed by atoms with Gasteiger partial charge in [-0.2, -0.15) is 0 Å². The summed E-state index contributed by atoms with van der Waals surface area (Å²) in [7, 11) is 0. The lowest BCUT2D eigenvalue weighted by molar-refractivity contribution is 0.0132. The number of hydrogen-bond donors (Lipinski definition) is 4. The minimum Gasteiger partial charge on any atom is -0.508 e. The third-order valence-corrected chi connectivity index (χ3v) is 2.73. The minimum absolute atomic E-state index is 0.160. The maximum absolute atomic E-state index is 9.72. The minimum atomic E-state index is -1.21. The molecule has 1 aromatic heterocycles. The Morgan fingerprint density at radius 2 is 2.11 bits per heavy atom. The molecule has 0 amide bonds. The summed E-state index contributed by atoms with van der Waals surface area (Å²) in [5.41, 5.74) is -1.21. The van der Waals surface area contributed by atoms with Crippen molar-refractivity contribution in [3.05, 3.63) is 30.5 Å². The van der Waals surface area contributed by atoms with Gasteiger partial charge in [0.1, 0.15) is 17.2 Å². The Bertz CT molecular complexity index is 555. The third kappa shape index (κ3) is 2.69. The van der Waals surface area contributed by atoms with Gasteiger partial charge in [-0.1, -0.05) is 6.07 Å². The zero-order chi connectivity index (χ0) is 13.2. The van der Waals surface area contributed by atoms with Crippen LogP contribution in [-0.2, 0) is 0 Å². The van der Waals surface area contributed by atoms with Crippen molar-refractivity contribution in [1.29, 1.82) is 0 Å². The first-order valence-electron chi connectivity index (χ1n) is 5.67. The average Bonchev–Trinajstić information content (AvgIpc) is 2.36. The number of anilines is 1. The van der Waals surface area contributed by atoms with Gasteiger partial charge in [-0.15, -0.1) is 0 Å². The molecule has 5 heteroatoms. The van der Waals surface area contributed by atoms with Gasteiger partial charge >= 0.3 is 0 Å². The van der Waals surface area contributed by atoms with Crippen LogP contribution in [0.4, 0.5) is 5.82 Å². The number of phenolic OH excluding ortho intramolecular Hbond substituents is 1. The number of hydrogen-bond acceptors (Lipinski definition) is 5. The molecular weight excluding hydrogens is 232 g/mol. The highest BCUT2D eigenvalue weighted by Crippen LogP contribution is 2.25. The van der Waals surface area contributed by atoms with E-state index in [1.807, 2.05) is 6.07 Å². The van der Waals surface area contributed by atoms with Gasteiger partial charge in [0.15, 0.2) is 0 Å². The van der Waals surface area contributed by atoms with Gasteiger partial charge in [0, 0.05) is 18.1 Å². The topological polar surface area (TPSA) is 85.6 Å². The van der Waals surface area contributed by atoms with E-state index in [1.54, 1.807) is 24.4 Å². The predicted molar refractivity (Wildman–Crippen MR) is 69.6 cm³/mol. The normalized spacial score (nSPS) is 14.4. The van der Waals surface area contributed by atoms with Crippen LogP contribution >= 0.6 is 0 Å². The van der Waals surface area contributed by atoms with E-state index in [9.17, 15) is 10.2 Å². The van der Waals surface area contributed by atoms with Gasteiger partial charge in [0.2, 0.25) is 0 Å². The molecule has 0 bridgehead atoms. The number of aromatic hydroxyl groups is 1. The second-order valence-electron chi connectivity index (χ2n) is 4.57. The van der Waals surface area contributed by atoms with Gasteiger partial charge in [-0.3, -0.25) is 0 Å². The molecule has 0 aliphatic heterocycles. The number of pyridine rings is 1. The van der Waals surface area contributed by atoms with Crippen molar-refractivity contribution >= 4 is 16.6 Å². The molecule has 0 saturated carbocycles. The zero-order valence-corrected chi connectivity index (χ0v) is 10.1. The number of fused-ring (bicyclic) bond motifs is 1. The second-order valence-corrected chi connectivity index (χ2v) is 4.57. The summed E-state index contributed by atoms with van der Waals surface area (Å²) in [4.78, 5) is 4.17. The Labute approximate surface area is 105 Å². The lowest BCUT2D eigenvalue weighted by atomic mass is 10.1. The predicted octanol–water partition coefficient (Wildman–Crippen LogP) is 1.10. The highest BCUT2D eigenvalue weighted by Gasteiger charge is 2.19. The van der Waals surface area contributed by atoms with E-state index in [-0.39, 0.29) is 18.9 Å². The van der Waals surface area contributed by atoms with Gasteiger partial charge in [0.25, 0.3) is 0 Å². The quantitative estimate of drug-likeness (QED) is 0.651. The van der Waals surface area contributed by atoms with Gasteiger partial charge in [0.05, 0.1) is 6.61 Å². The number of rotatable bonds is 4. The van der Waals surface area contributed by atoms with E-state index in [4.69, 9.17) is 5.11 Å². The second kappa shape index (κ2) is 4.80. The lowest BCUT2D eigenvalue weighted by Gasteiger charge is -2.21. The zero-order valence-electron chi connectivity index (χ0n) is 10.1.